The average molecular weight is 1010 g/mol. The number of rotatable bonds is 15. The zero-order chi connectivity index (χ0) is 51.1. The van der Waals surface area contributed by atoms with E-state index in [9.17, 15) is 96.4 Å². The minimum absolute atomic E-state index is 0.773. The summed E-state index contributed by atoms with van der Waals surface area (Å²) in [4.78, 5) is 24.3. The van der Waals surface area contributed by atoms with Crippen LogP contribution >= 0.6 is 0 Å². The molecule has 69 heavy (non-hydrogen) atoms. The van der Waals surface area contributed by atoms with Crippen LogP contribution in [0.3, 0.4) is 0 Å². The summed E-state index contributed by atoms with van der Waals surface area (Å²) in [6, 6.07) is -1.63. The Bertz CT molecular complexity index is 1670. The highest BCUT2D eigenvalue weighted by molar-refractivity contribution is 5.73. The Morgan fingerprint density at radius 1 is 0.420 bits per heavy atom. The number of carboxylic acids is 1. The summed E-state index contributed by atoms with van der Waals surface area (Å²) >= 11 is 0. The summed E-state index contributed by atoms with van der Waals surface area (Å²) in [5, 5.41) is 185. The molecule has 0 spiro atoms. The van der Waals surface area contributed by atoms with E-state index in [-0.39, 0.29) is 0 Å². The number of carbonyl (C=O) groups excluding carboxylic acids is 1. The molecule has 0 radical (unpaired) electrons. The van der Waals surface area contributed by atoms with E-state index < -0.39 is 216 Å². The van der Waals surface area contributed by atoms with E-state index in [0.717, 1.165) is 6.92 Å². The number of aliphatic carboxylic acids is 1. The minimum Gasteiger partial charge on any atom is -0.479 e. The summed E-state index contributed by atoms with van der Waals surface area (Å²) in [5.41, 5.74) is 0. The molecular formula is C38H63NO30. The molecule has 31 heteroatoms. The second kappa shape index (κ2) is 23.4. The molecule has 6 heterocycles. The van der Waals surface area contributed by atoms with Crippen molar-refractivity contribution in [1.29, 1.82) is 0 Å². The number of carbonyl (C=O) groups is 2. The molecule has 30 atom stereocenters. The van der Waals surface area contributed by atoms with Crippen LogP contribution in [-0.4, -0.2) is 303 Å². The van der Waals surface area contributed by atoms with E-state index in [1.165, 1.54) is 13.8 Å². The Morgan fingerprint density at radius 2 is 0.841 bits per heavy atom. The largest absolute Gasteiger partial charge is 0.479 e. The van der Waals surface area contributed by atoms with E-state index in [4.69, 9.17) is 52.1 Å². The van der Waals surface area contributed by atoms with Crippen LogP contribution in [0.4, 0.5) is 0 Å². The van der Waals surface area contributed by atoms with E-state index in [1.807, 2.05) is 0 Å². The zero-order valence-corrected chi connectivity index (χ0v) is 36.9. The molecular weight excluding hydrogens is 950 g/mol. The van der Waals surface area contributed by atoms with Gasteiger partial charge in [0.2, 0.25) is 5.91 Å². The predicted octanol–water partition coefficient (Wildman–Crippen LogP) is -11.8. The fourth-order valence-corrected chi connectivity index (χ4v) is 8.75. The van der Waals surface area contributed by atoms with Crippen LogP contribution in [0.15, 0.2) is 0 Å². The lowest BCUT2D eigenvalue weighted by Crippen LogP contribution is -2.70. The first-order valence-corrected chi connectivity index (χ1v) is 21.8. The SMILES string of the molecule is CC(=O)N[C@@H]1[C@@H](O[C@@H]2O[C@H](CO)[C@H](O[C@@H]3O[C@H](CO)[C@H](O)[C@H](O[C@@H]4O[C@H](C(=O)O)[C@@H](O)[C@H](O)[C@H]4O[C@@H]4O[C@@H](C)[C@@H](O)[C@@H](O)[C@@H]4O)[C@H]3O)[C@H](O)[C@H]2O[C@@H]2O[C@@H](C)[C@@H](O)[C@@H](O)[C@@H]2O)[C@@H](O)[C@@H](CO)O[C@@H]1O. The standard InChI is InChI=1S/C38H63NO30/c1-7-14(44)18(48)22(52)34(59-7)68-30-21(51)20(50)29(32(56)57)67-38(30)66-28-17(47)11(5-41)62-36(25(28)55)64-26-12(6-42)63-37(31(24(26)54)69-35-23(53)19(49)15(45)8(2)60-35)65-27-13(39-9(3)43)33(58)61-10(4-40)16(27)46/h7-8,10-31,33-38,40-42,44-55,58H,4-6H2,1-3H3,(H,39,43)(H,56,57)/t7-,8-,10+,11+,12+,13+,14+,15+,16-,17-,18+,19+,20-,21-,22-,23-,24-,25+,26-,27+,28-,29-,30+,31+,33-,34-,35-,36-,37-,38+/m0/s1. The highest BCUT2D eigenvalue weighted by Crippen LogP contribution is 2.38. The topological polar surface area (TPSA) is 492 Å². The lowest BCUT2D eigenvalue weighted by Gasteiger charge is -2.51. The van der Waals surface area contributed by atoms with Gasteiger partial charge in [-0.3, -0.25) is 4.79 Å². The van der Waals surface area contributed by atoms with Gasteiger partial charge in [-0.15, -0.1) is 0 Å². The average Bonchev–Trinajstić information content (AvgIpc) is 3.30. The number of ether oxygens (including phenoxy) is 11. The molecule has 0 aliphatic carbocycles. The molecule has 6 fully saturated rings. The normalized spacial score (nSPS) is 52.0. The number of carboxylic acid groups (broad SMARTS) is 1. The molecule has 0 bridgehead atoms. The Balaban J connectivity index is 1.30. The Hall–Kier alpha value is -2.14. The van der Waals surface area contributed by atoms with Crippen LogP contribution in [0, 0.1) is 0 Å². The molecule has 6 aliphatic rings. The van der Waals surface area contributed by atoms with E-state index in [0.29, 0.717) is 0 Å². The second-order valence-electron chi connectivity index (χ2n) is 17.5. The van der Waals surface area contributed by atoms with Gasteiger partial charge in [0.05, 0.1) is 32.0 Å². The van der Waals surface area contributed by atoms with Gasteiger partial charge in [0.15, 0.2) is 43.8 Å². The van der Waals surface area contributed by atoms with Crippen molar-refractivity contribution in [2.75, 3.05) is 19.8 Å². The summed E-state index contributed by atoms with van der Waals surface area (Å²) in [6.07, 6.45) is -56.7. The van der Waals surface area contributed by atoms with Crippen molar-refractivity contribution in [3.8, 4) is 0 Å². The summed E-state index contributed by atoms with van der Waals surface area (Å²) < 4.78 is 62.4. The van der Waals surface area contributed by atoms with Crippen LogP contribution in [0.5, 0.6) is 0 Å². The van der Waals surface area contributed by atoms with Crippen molar-refractivity contribution in [3.05, 3.63) is 0 Å². The molecule has 400 valence electrons. The smallest absolute Gasteiger partial charge is 0.335 e. The number of aliphatic hydroxyl groups excluding tert-OH is 16. The first-order valence-electron chi connectivity index (χ1n) is 21.8. The fraction of sp³-hybridized carbons (Fsp3) is 0.947. The molecule has 0 aromatic rings. The Labute approximate surface area is 390 Å². The summed E-state index contributed by atoms with van der Waals surface area (Å²) in [5.74, 6) is -2.63. The molecule has 0 aromatic carbocycles. The van der Waals surface area contributed by atoms with Gasteiger partial charge in [-0.1, -0.05) is 0 Å². The van der Waals surface area contributed by atoms with Gasteiger partial charge in [0, 0.05) is 6.92 Å². The third-order valence-corrected chi connectivity index (χ3v) is 12.7. The quantitative estimate of drug-likeness (QED) is 0.0724. The van der Waals surface area contributed by atoms with Gasteiger partial charge < -0.3 is 144 Å². The molecule has 0 aromatic heterocycles. The highest BCUT2D eigenvalue weighted by atomic mass is 16.8. The lowest BCUT2D eigenvalue weighted by molar-refractivity contribution is -0.405. The van der Waals surface area contributed by atoms with E-state index in [2.05, 4.69) is 5.32 Å². The number of amides is 1. The van der Waals surface area contributed by atoms with Crippen molar-refractivity contribution >= 4 is 11.9 Å². The van der Waals surface area contributed by atoms with Crippen LogP contribution in [0.25, 0.3) is 0 Å². The minimum atomic E-state index is -2.33. The molecule has 18 N–H and O–H groups in total. The summed E-state index contributed by atoms with van der Waals surface area (Å²) in [6.45, 7) is 0.506. The molecule has 1 amide bonds. The number of hydrogen-bond donors (Lipinski definition) is 18. The van der Waals surface area contributed by atoms with E-state index >= 15 is 0 Å². The van der Waals surface area contributed by atoms with Crippen LogP contribution in [-0.2, 0) is 61.7 Å². The summed E-state index contributed by atoms with van der Waals surface area (Å²) in [7, 11) is 0. The Morgan fingerprint density at radius 3 is 1.35 bits per heavy atom. The van der Waals surface area contributed by atoms with Crippen molar-refractivity contribution in [2.24, 2.45) is 0 Å². The van der Waals surface area contributed by atoms with Crippen molar-refractivity contribution in [2.45, 2.75) is 205 Å². The van der Waals surface area contributed by atoms with Crippen molar-refractivity contribution in [1.82, 2.24) is 5.32 Å². The van der Waals surface area contributed by atoms with Gasteiger partial charge >= 0.3 is 5.97 Å². The molecule has 0 unspecified atom stereocenters. The monoisotopic (exact) mass is 1010 g/mol. The van der Waals surface area contributed by atoms with Gasteiger partial charge in [-0.05, 0) is 13.8 Å². The van der Waals surface area contributed by atoms with Crippen LogP contribution in [0.1, 0.15) is 20.8 Å². The Kier molecular flexibility index (Phi) is 19.0. The predicted molar refractivity (Wildman–Crippen MR) is 208 cm³/mol. The maximum atomic E-state index is 12.2. The second-order valence-corrected chi connectivity index (χ2v) is 17.5. The zero-order valence-electron chi connectivity index (χ0n) is 36.9. The number of hydrogen-bond acceptors (Lipinski definition) is 29. The van der Waals surface area contributed by atoms with Gasteiger partial charge in [0.25, 0.3) is 0 Å². The maximum Gasteiger partial charge on any atom is 0.335 e. The first kappa shape index (κ1) is 56.2. The molecule has 6 rings (SSSR count). The molecule has 6 saturated heterocycles. The molecule has 6 aliphatic heterocycles. The van der Waals surface area contributed by atoms with Crippen LogP contribution in [0.2, 0.25) is 0 Å². The molecule has 0 saturated carbocycles. The van der Waals surface area contributed by atoms with Gasteiger partial charge in [-0.2, -0.15) is 0 Å². The number of aliphatic hydroxyl groups is 16. The van der Waals surface area contributed by atoms with Crippen molar-refractivity contribution < 1.29 is 149 Å². The van der Waals surface area contributed by atoms with E-state index in [1.54, 1.807) is 0 Å². The fourth-order valence-electron chi connectivity index (χ4n) is 8.75. The van der Waals surface area contributed by atoms with Crippen LogP contribution < -0.4 is 5.32 Å². The maximum absolute atomic E-state index is 12.2. The van der Waals surface area contributed by atoms with Crippen molar-refractivity contribution in [3.63, 3.8) is 0 Å². The third-order valence-electron chi connectivity index (χ3n) is 12.7. The highest BCUT2D eigenvalue weighted by Gasteiger charge is 2.59. The first-order chi connectivity index (χ1) is 32.4. The number of nitrogens with one attached hydrogen (secondary N) is 1. The van der Waals surface area contributed by atoms with Gasteiger partial charge in [0.1, 0.15) is 128 Å². The lowest BCUT2D eigenvalue weighted by atomic mass is 9.94. The third kappa shape index (κ3) is 11.6. The molecule has 31 nitrogen and oxygen atoms in total. The van der Waals surface area contributed by atoms with Gasteiger partial charge in [-0.25, -0.2) is 4.79 Å².